The maximum absolute atomic E-state index is 11.6. The largest absolute Gasteiger partial charge is 0.492 e. The van der Waals surface area contributed by atoms with E-state index < -0.39 is 11.9 Å². The normalized spacial score (nSPS) is 12.8. The van der Waals surface area contributed by atoms with E-state index in [1.807, 2.05) is 0 Å². The molecule has 0 fully saturated rings. The van der Waals surface area contributed by atoms with Gasteiger partial charge in [-0.1, -0.05) is 6.07 Å². The molecule has 90 valence electrons. The number of esters is 1. The molecule has 0 atom stereocenters. The summed E-state index contributed by atoms with van der Waals surface area (Å²) in [7, 11) is 1.29. The van der Waals surface area contributed by atoms with Crippen molar-refractivity contribution in [2.75, 3.05) is 13.7 Å². The van der Waals surface area contributed by atoms with Crippen LogP contribution in [0.5, 0.6) is 5.75 Å². The highest BCUT2D eigenvalue weighted by Crippen LogP contribution is 2.31. The Morgan fingerprint density at radius 2 is 2.24 bits per heavy atom. The number of hydrogen-bond donors (Lipinski definition) is 1. The van der Waals surface area contributed by atoms with Crippen molar-refractivity contribution >= 4 is 11.9 Å². The number of carbonyl (C=O) groups is 2. The van der Waals surface area contributed by atoms with Crippen LogP contribution in [-0.2, 0) is 22.4 Å². The summed E-state index contributed by atoms with van der Waals surface area (Å²) in [6.45, 7) is 0.510. The minimum Gasteiger partial charge on any atom is -0.492 e. The number of carbonyl (C=O) groups excluding carboxylic acids is 1. The first kappa shape index (κ1) is 11.4. The number of rotatable bonds is 3. The summed E-state index contributed by atoms with van der Waals surface area (Å²) in [5, 5.41) is 8.75. The number of carboxylic acid groups (broad SMARTS) is 1. The Morgan fingerprint density at radius 3 is 2.88 bits per heavy atom. The van der Waals surface area contributed by atoms with Gasteiger partial charge >= 0.3 is 11.9 Å². The Bertz CT molecular complexity index is 478. The Balaban J connectivity index is 2.45. The average molecular weight is 236 g/mol. The zero-order valence-electron chi connectivity index (χ0n) is 9.36. The Morgan fingerprint density at radius 1 is 1.47 bits per heavy atom. The van der Waals surface area contributed by atoms with E-state index in [9.17, 15) is 9.59 Å². The van der Waals surface area contributed by atoms with Crippen molar-refractivity contribution in [3.63, 3.8) is 0 Å². The zero-order chi connectivity index (χ0) is 12.4. The molecule has 5 heteroatoms. The Hall–Kier alpha value is -2.04. The number of fused-ring (bicyclic) bond motifs is 1. The first-order chi connectivity index (χ1) is 8.11. The SMILES string of the molecule is COC(=O)c1cc(CC(=O)O)cc2c1OCC2. The molecule has 17 heavy (non-hydrogen) atoms. The van der Waals surface area contributed by atoms with Gasteiger partial charge in [0.2, 0.25) is 0 Å². The first-order valence-corrected chi connectivity index (χ1v) is 5.20. The van der Waals surface area contributed by atoms with Gasteiger partial charge in [0.05, 0.1) is 20.1 Å². The lowest BCUT2D eigenvalue weighted by Crippen LogP contribution is -2.07. The fraction of sp³-hybridized carbons (Fsp3) is 0.333. The molecule has 0 amide bonds. The van der Waals surface area contributed by atoms with Crippen molar-refractivity contribution in [2.24, 2.45) is 0 Å². The number of methoxy groups -OCH3 is 1. The second-order valence-electron chi connectivity index (χ2n) is 3.79. The van der Waals surface area contributed by atoms with E-state index in [-0.39, 0.29) is 6.42 Å². The summed E-state index contributed by atoms with van der Waals surface area (Å²) in [5.74, 6) is -0.916. The molecular weight excluding hydrogens is 224 g/mol. The van der Waals surface area contributed by atoms with Gasteiger partial charge in [-0.3, -0.25) is 4.79 Å². The number of benzene rings is 1. The lowest BCUT2D eigenvalue weighted by Gasteiger charge is -2.08. The van der Waals surface area contributed by atoms with Gasteiger partial charge in [-0.05, 0) is 17.2 Å². The molecule has 0 saturated carbocycles. The minimum absolute atomic E-state index is 0.114. The average Bonchev–Trinajstić information content (AvgIpc) is 2.74. The first-order valence-electron chi connectivity index (χ1n) is 5.20. The third kappa shape index (κ3) is 2.22. The van der Waals surface area contributed by atoms with Gasteiger partial charge in [0.1, 0.15) is 11.3 Å². The van der Waals surface area contributed by atoms with E-state index >= 15 is 0 Å². The summed E-state index contributed by atoms with van der Waals surface area (Å²) >= 11 is 0. The van der Waals surface area contributed by atoms with Gasteiger partial charge in [-0.15, -0.1) is 0 Å². The van der Waals surface area contributed by atoms with Crippen molar-refractivity contribution < 1.29 is 24.2 Å². The zero-order valence-corrected chi connectivity index (χ0v) is 9.36. The molecule has 1 aliphatic heterocycles. The topological polar surface area (TPSA) is 72.8 Å². The van der Waals surface area contributed by atoms with Crippen LogP contribution in [0.2, 0.25) is 0 Å². The third-order valence-electron chi connectivity index (χ3n) is 2.60. The maximum atomic E-state index is 11.6. The van der Waals surface area contributed by atoms with E-state index in [0.29, 0.717) is 29.9 Å². The van der Waals surface area contributed by atoms with Crippen LogP contribution in [0, 0.1) is 0 Å². The summed E-state index contributed by atoms with van der Waals surface area (Å²) in [6, 6.07) is 3.28. The highest BCUT2D eigenvalue weighted by molar-refractivity contribution is 5.93. The van der Waals surface area contributed by atoms with Crippen LogP contribution < -0.4 is 4.74 Å². The molecule has 0 aromatic heterocycles. The van der Waals surface area contributed by atoms with Crippen LogP contribution in [0.4, 0.5) is 0 Å². The molecule has 0 radical (unpaired) electrons. The van der Waals surface area contributed by atoms with E-state index in [1.54, 1.807) is 6.07 Å². The number of carboxylic acids is 1. The van der Waals surface area contributed by atoms with Gasteiger partial charge in [-0.2, -0.15) is 0 Å². The van der Waals surface area contributed by atoms with Gasteiger partial charge < -0.3 is 14.6 Å². The number of ether oxygens (including phenoxy) is 2. The molecule has 1 aromatic carbocycles. The lowest BCUT2D eigenvalue weighted by atomic mass is 10.0. The molecule has 1 N–H and O–H groups in total. The predicted octanol–water partition coefficient (Wildman–Crippen LogP) is 1.04. The lowest BCUT2D eigenvalue weighted by molar-refractivity contribution is -0.136. The quantitative estimate of drug-likeness (QED) is 0.793. The number of hydrogen-bond acceptors (Lipinski definition) is 4. The van der Waals surface area contributed by atoms with Crippen LogP contribution >= 0.6 is 0 Å². The van der Waals surface area contributed by atoms with E-state index in [4.69, 9.17) is 9.84 Å². The summed E-state index contributed by atoms with van der Waals surface area (Å²) < 4.78 is 10.0. The molecule has 5 nitrogen and oxygen atoms in total. The molecule has 1 aromatic rings. The molecular formula is C12H12O5. The molecule has 0 spiro atoms. The Kier molecular flexibility index (Phi) is 2.99. The molecule has 0 saturated heterocycles. The van der Waals surface area contributed by atoms with Gasteiger partial charge in [0.15, 0.2) is 0 Å². The summed E-state index contributed by atoms with van der Waals surface area (Å²) in [5.41, 5.74) is 1.75. The van der Waals surface area contributed by atoms with Crippen LogP contribution in [-0.4, -0.2) is 30.8 Å². The standard InChI is InChI=1S/C12H12O5/c1-16-12(15)9-5-7(6-10(13)14)4-8-2-3-17-11(8)9/h4-5H,2-3,6H2,1H3,(H,13,14). The molecule has 1 aliphatic rings. The van der Waals surface area contributed by atoms with E-state index in [0.717, 1.165) is 5.56 Å². The molecule has 0 bridgehead atoms. The molecule has 1 heterocycles. The van der Waals surface area contributed by atoms with Crippen LogP contribution in [0.25, 0.3) is 0 Å². The molecule has 0 aliphatic carbocycles. The molecule has 2 rings (SSSR count). The second-order valence-corrected chi connectivity index (χ2v) is 3.79. The second kappa shape index (κ2) is 4.45. The number of aliphatic carboxylic acids is 1. The van der Waals surface area contributed by atoms with Crippen molar-refractivity contribution in [2.45, 2.75) is 12.8 Å². The maximum Gasteiger partial charge on any atom is 0.341 e. The highest BCUT2D eigenvalue weighted by Gasteiger charge is 2.23. The fourth-order valence-corrected chi connectivity index (χ4v) is 1.91. The predicted molar refractivity (Wildman–Crippen MR) is 58.3 cm³/mol. The smallest absolute Gasteiger partial charge is 0.341 e. The van der Waals surface area contributed by atoms with Gasteiger partial charge in [0, 0.05) is 6.42 Å². The van der Waals surface area contributed by atoms with Crippen molar-refractivity contribution in [3.8, 4) is 5.75 Å². The van der Waals surface area contributed by atoms with Crippen LogP contribution in [0.1, 0.15) is 21.5 Å². The highest BCUT2D eigenvalue weighted by atomic mass is 16.5. The van der Waals surface area contributed by atoms with Gasteiger partial charge in [-0.25, -0.2) is 4.79 Å². The van der Waals surface area contributed by atoms with Crippen molar-refractivity contribution in [1.82, 2.24) is 0 Å². The van der Waals surface area contributed by atoms with E-state index in [1.165, 1.54) is 13.2 Å². The minimum atomic E-state index is -0.931. The summed E-state index contributed by atoms with van der Waals surface area (Å²) in [6.07, 6.45) is 0.573. The Labute approximate surface area is 98.0 Å². The third-order valence-corrected chi connectivity index (χ3v) is 2.60. The monoisotopic (exact) mass is 236 g/mol. The van der Waals surface area contributed by atoms with Crippen molar-refractivity contribution in [1.29, 1.82) is 0 Å². The van der Waals surface area contributed by atoms with Crippen LogP contribution in [0.3, 0.4) is 0 Å². The van der Waals surface area contributed by atoms with Crippen molar-refractivity contribution in [3.05, 3.63) is 28.8 Å². The molecule has 0 unspecified atom stereocenters. The van der Waals surface area contributed by atoms with E-state index in [2.05, 4.69) is 4.74 Å². The fourth-order valence-electron chi connectivity index (χ4n) is 1.91. The summed E-state index contributed by atoms with van der Waals surface area (Å²) in [4.78, 5) is 22.2. The van der Waals surface area contributed by atoms with Gasteiger partial charge in [0.25, 0.3) is 0 Å². The van der Waals surface area contributed by atoms with Crippen LogP contribution in [0.15, 0.2) is 12.1 Å².